The Balaban J connectivity index is 1.69. The molecule has 214 valence electrons. The van der Waals surface area contributed by atoms with Crippen LogP contribution in [0.4, 0.5) is 0 Å². The minimum Gasteiger partial charge on any atom is -0.390 e. The summed E-state index contributed by atoms with van der Waals surface area (Å²) in [4.78, 5) is 40.9. The molecule has 0 saturated heterocycles. The smallest absolute Gasteiger partial charge is 0.269 e. The van der Waals surface area contributed by atoms with Crippen molar-refractivity contribution in [2.45, 2.75) is 77.6 Å². The van der Waals surface area contributed by atoms with Crippen LogP contribution in [0.3, 0.4) is 0 Å². The van der Waals surface area contributed by atoms with Crippen LogP contribution >= 0.6 is 11.6 Å². The van der Waals surface area contributed by atoms with Crippen LogP contribution in [-0.2, 0) is 13.1 Å². The first-order valence-corrected chi connectivity index (χ1v) is 14.5. The van der Waals surface area contributed by atoms with Crippen LogP contribution < -0.4 is 10.9 Å². The van der Waals surface area contributed by atoms with E-state index in [2.05, 4.69) is 5.32 Å². The summed E-state index contributed by atoms with van der Waals surface area (Å²) in [7, 11) is 0. The molecule has 0 atom stereocenters. The number of carbonyl (C=O) groups is 2. The lowest BCUT2D eigenvalue weighted by atomic mass is 9.94. The number of nitrogens with zero attached hydrogens (tertiary/aromatic N) is 3. The molecule has 2 N–H and O–H groups in total. The number of hydrogen-bond acceptors (Lipinski definition) is 5. The minimum atomic E-state index is -0.947. The molecule has 1 aliphatic carbocycles. The van der Waals surface area contributed by atoms with Gasteiger partial charge < -0.3 is 10.4 Å². The molecule has 0 radical (unpaired) electrons. The van der Waals surface area contributed by atoms with Gasteiger partial charge in [-0.15, -0.1) is 0 Å². The Morgan fingerprint density at radius 3 is 2.49 bits per heavy atom. The Labute approximate surface area is 243 Å². The zero-order chi connectivity index (χ0) is 29.3. The van der Waals surface area contributed by atoms with Crippen molar-refractivity contribution in [2.24, 2.45) is 0 Å². The lowest BCUT2D eigenvalue weighted by molar-refractivity contribution is 0.0642. The van der Waals surface area contributed by atoms with Gasteiger partial charge in [-0.3, -0.25) is 23.6 Å². The maximum absolute atomic E-state index is 14.0. The predicted molar refractivity (Wildman–Crippen MR) is 161 cm³/mol. The van der Waals surface area contributed by atoms with Gasteiger partial charge >= 0.3 is 0 Å². The first kappa shape index (κ1) is 28.8. The molecule has 1 fully saturated rings. The largest absolute Gasteiger partial charge is 0.390 e. The zero-order valence-electron chi connectivity index (χ0n) is 23.6. The maximum atomic E-state index is 14.0. The Morgan fingerprint density at radius 1 is 1.10 bits per heavy atom. The highest BCUT2D eigenvalue weighted by Crippen LogP contribution is 2.33. The summed E-state index contributed by atoms with van der Waals surface area (Å²) in [6, 6.07) is 16.4. The molecule has 8 nitrogen and oxygen atoms in total. The Bertz CT molecular complexity index is 1660. The molecule has 0 bridgehead atoms. The summed E-state index contributed by atoms with van der Waals surface area (Å²) in [5.41, 5.74) is 1.31. The average molecular weight is 575 g/mol. The molecule has 9 heteroatoms. The van der Waals surface area contributed by atoms with E-state index in [4.69, 9.17) is 16.7 Å². The van der Waals surface area contributed by atoms with Crippen molar-refractivity contribution in [3.05, 3.63) is 87.1 Å². The monoisotopic (exact) mass is 574 g/mol. The number of fused-ring (bicyclic) bond motifs is 1. The second-order valence-electron chi connectivity index (χ2n) is 11.4. The summed E-state index contributed by atoms with van der Waals surface area (Å²) in [6.45, 7) is 5.66. The van der Waals surface area contributed by atoms with Gasteiger partial charge in [0.1, 0.15) is 5.69 Å². The number of carbonyl (C=O) groups excluding carboxylic acids is 2. The summed E-state index contributed by atoms with van der Waals surface area (Å²) >= 11 is 6.38. The molecule has 2 aromatic heterocycles. The lowest BCUT2D eigenvalue weighted by Gasteiger charge is -2.19. The molecular formula is C32H35ClN4O4. The van der Waals surface area contributed by atoms with E-state index >= 15 is 0 Å². The fraction of sp³-hybridized carbons (Fsp3) is 0.375. The van der Waals surface area contributed by atoms with Gasteiger partial charge in [0.15, 0.2) is 5.78 Å². The molecule has 41 heavy (non-hydrogen) atoms. The third-order valence-electron chi connectivity index (χ3n) is 7.27. The number of amides is 1. The van der Waals surface area contributed by atoms with E-state index < -0.39 is 5.60 Å². The van der Waals surface area contributed by atoms with E-state index in [9.17, 15) is 19.5 Å². The molecule has 1 amide bonds. The quantitative estimate of drug-likeness (QED) is 0.227. The zero-order valence-corrected chi connectivity index (χ0v) is 24.4. The Morgan fingerprint density at radius 2 is 1.83 bits per heavy atom. The van der Waals surface area contributed by atoms with E-state index in [-0.39, 0.29) is 36.3 Å². The first-order valence-electron chi connectivity index (χ1n) is 14.1. The minimum absolute atomic E-state index is 0.00124. The standard InChI is InChI=1S/C32H35ClN4O4/c1-4-8-27(38)29-28(20-9-6-5-7-10-20)25-17-21(33)11-14-24(25)31(40)36(29)19-23-18-26(30(39)34-22-12-13-22)37(35-23)16-15-32(2,3)41/h5-7,9-11,14,17-18,22,41H,4,8,12-13,15-16,19H2,1-3H3,(H,34,39). The number of nitrogens with one attached hydrogen (secondary N) is 1. The molecule has 0 aliphatic heterocycles. The molecule has 2 aromatic carbocycles. The second kappa shape index (κ2) is 11.6. The number of ketones is 1. The van der Waals surface area contributed by atoms with Crippen molar-refractivity contribution in [3.63, 3.8) is 0 Å². The third-order valence-corrected chi connectivity index (χ3v) is 7.50. The Hall–Kier alpha value is -3.75. The topological polar surface area (TPSA) is 106 Å². The number of hydrogen-bond donors (Lipinski definition) is 2. The van der Waals surface area contributed by atoms with Gasteiger partial charge in [-0.25, -0.2) is 0 Å². The van der Waals surface area contributed by atoms with Crippen LogP contribution in [0.25, 0.3) is 21.9 Å². The van der Waals surface area contributed by atoms with Gasteiger partial charge in [-0.2, -0.15) is 5.10 Å². The SMILES string of the molecule is CCCC(=O)c1c(-c2ccccc2)c2cc(Cl)ccc2c(=O)n1Cc1cc(C(=O)NC2CC2)n(CCC(C)(C)O)n1. The number of aromatic nitrogens is 3. The fourth-order valence-electron chi connectivity index (χ4n) is 5.03. The van der Waals surface area contributed by atoms with Crippen molar-refractivity contribution in [1.29, 1.82) is 0 Å². The van der Waals surface area contributed by atoms with Crippen molar-refractivity contribution in [3.8, 4) is 11.1 Å². The van der Waals surface area contributed by atoms with Gasteiger partial charge in [0.25, 0.3) is 11.5 Å². The average Bonchev–Trinajstić information content (AvgIpc) is 3.65. The van der Waals surface area contributed by atoms with Crippen molar-refractivity contribution in [1.82, 2.24) is 19.7 Å². The Kier molecular flexibility index (Phi) is 8.16. The highest BCUT2D eigenvalue weighted by Gasteiger charge is 2.28. The molecule has 4 aromatic rings. The van der Waals surface area contributed by atoms with Gasteiger partial charge in [-0.1, -0.05) is 48.9 Å². The van der Waals surface area contributed by atoms with E-state index in [0.717, 1.165) is 18.4 Å². The van der Waals surface area contributed by atoms with Crippen LogP contribution in [0.15, 0.2) is 59.4 Å². The lowest BCUT2D eigenvalue weighted by Crippen LogP contribution is -2.29. The van der Waals surface area contributed by atoms with Crippen LogP contribution in [0.1, 0.15) is 79.5 Å². The molecule has 2 heterocycles. The van der Waals surface area contributed by atoms with Crippen molar-refractivity contribution in [2.75, 3.05) is 0 Å². The number of Topliss-reactive ketones (excluding diaryl/α,β-unsaturated/α-hetero) is 1. The van der Waals surface area contributed by atoms with Crippen LogP contribution in [0.5, 0.6) is 0 Å². The molecule has 1 aliphatic rings. The number of benzene rings is 2. The summed E-state index contributed by atoms with van der Waals surface area (Å²) < 4.78 is 3.07. The molecule has 0 unspecified atom stereocenters. The summed E-state index contributed by atoms with van der Waals surface area (Å²) in [6.07, 6.45) is 3.15. The molecule has 0 spiro atoms. The van der Waals surface area contributed by atoms with Crippen molar-refractivity contribution >= 4 is 34.1 Å². The first-order chi connectivity index (χ1) is 19.6. The van der Waals surface area contributed by atoms with E-state index in [1.807, 2.05) is 37.3 Å². The highest BCUT2D eigenvalue weighted by molar-refractivity contribution is 6.31. The van der Waals surface area contributed by atoms with E-state index in [1.54, 1.807) is 42.8 Å². The number of pyridine rings is 1. The van der Waals surface area contributed by atoms with Gasteiger partial charge in [0.05, 0.1) is 23.5 Å². The number of aliphatic hydroxyl groups is 1. The summed E-state index contributed by atoms with van der Waals surface area (Å²) in [5, 5.41) is 19.5. The van der Waals surface area contributed by atoms with E-state index in [1.165, 1.54) is 4.57 Å². The predicted octanol–water partition coefficient (Wildman–Crippen LogP) is 5.60. The number of halogens is 1. The maximum Gasteiger partial charge on any atom is 0.269 e. The van der Waals surface area contributed by atoms with Gasteiger partial charge in [0, 0.05) is 35.0 Å². The van der Waals surface area contributed by atoms with Gasteiger partial charge in [-0.05, 0) is 74.7 Å². The second-order valence-corrected chi connectivity index (χ2v) is 11.8. The third kappa shape index (κ3) is 6.44. The molecule has 5 rings (SSSR count). The molecular weight excluding hydrogens is 540 g/mol. The fourth-order valence-corrected chi connectivity index (χ4v) is 5.20. The number of aryl methyl sites for hydroxylation is 1. The van der Waals surface area contributed by atoms with Crippen LogP contribution in [-0.4, -0.2) is 42.8 Å². The van der Waals surface area contributed by atoms with Gasteiger partial charge in [0.2, 0.25) is 0 Å². The number of rotatable bonds is 11. The van der Waals surface area contributed by atoms with Crippen LogP contribution in [0.2, 0.25) is 5.02 Å². The van der Waals surface area contributed by atoms with Crippen LogP contribution in [0, 0.1) is 0 Å². The highest BCUT2D eigenvalue weighted by atomic mass is 35.5. The molecule has 1 saturated carbocycles. The van der Waals surface area contributed by atoms with Crippen molar-refractivity contribution < 1.29 is 14.7 Å². The van der Waals surface area contributed by atoms with E-state index in [0.29, 0.717) is 57.8 Å². The normalized spacial score (nSPS) is 13.5. The summed E-state index contributed by atoms with van der Waals surface area (Å²) in [5.74, 6) is -0.395.